The first-order valence-electron chi connectivity index (χ1n) is 11.4. The lowest BCUT2D eigenvalue weighted by Gasteiger charge is -2.24. The number of nitrogens with two attached hydrogens (primary N) is 1. The molecule has 0 unspecified atom stereocenters. The molecular weight excluding hydrogens is 418 g/mol. The first-order valence-corrected chi connectivity index (χ1v) is 11.4. The van der Waals surface area contributed by atoms with Crippen molar-refractivity contribution in [3.8, 4) is 11.5 Å². The lowest BCUT2D eigenvalue weighted by atomic mass is 9.95. The van der Waals surface area contributed by atoms with E-state index in [1.54, 1.807) is 0 Å². The number of ether oxygens (including phenoxy) is 2. The minimum atomic E-state index is -0.360. The molecule has 0 spiro atoms. The van der Waals surface area contributed by atoms with Crippen LogP contribution in [0.1, 0.15) is 54.3 Å². The Morgan fingerprint density at radius 2 is 1.88 bits per heavy atom. The summed E-state index contributed by atoms with van der Waals surface area (Å²) in [6.07, 6.45) is 5.86. The van der Waals surface area contributed by atoms with Crippen molar-refractivity contribution in [1.82, 2.24) is 19.9 Å². The lowest BCUT2D eigenvalue weighted by molar-refractivity contribution is 0.0940. The molecule has 2 aromatic carbocycles. The maximum absolute atomic E-state index is 13.0. The van der Waals surface area contributed by atoms with Crippen molar-refractivity contribution < 1.29 is 14.3 Å². The van der Waals surface area contributed by atoms with Crippen LogP contribution in [0, 0.1) is 0 Å². The Morgan fingerprint density at radius 3 is 2.76 bits per heavy atom. The second-order valence-electron chi connectivity index (χ2n) is 8.68. The molecule has 2 aromatic heterocycles. The van der Waals surface area contributed by atoms with Gasteiger partial charge in [-0.15, -0.1) is 0 Å². The number of hydrogen-bond donors (Lipinski definition) is 2. The van der Waals surface area contributed by atoms with Gasteiger partial charge in [0.1, 0.15) is 11.5 Å². The summed E-state index contributed by atoms with van der Waals surface area (Å²) in [5, 5.41) is 4.76. The minimum absolute atomic E-state index is 0.0839. The topological polar surface area (TPSA) is 104 Å². The van der Waals surface area contributed by atoms with Gasteiger partial charge in [-0.05, 0) is 36.6 Å². The molecule has 1 saturated carbocycles. The van der Waals surface area contributed by atoms with Gasteiger partial charge in [0.05, 0.1) is 10.9 Å². The van der Waals surface area contributed by atoms with Gasteiger partial charge in [0.15, 0.2) is 11.5 Å². The van der Waals surface area contributed by atoms with Crippen LogP contribution in [0.25, 0.3) is 21.9 Å². The van der Waals surface area contributed by atoms with E-state index >= 15 is 0 Å². The highest BCUT2D eigenvalue weighted by Crippen LogP contribution is 2.38. The van der Waals surface area contributed by atoms with Gasteiger partial charge in [0, 0.05) is 18.0 Å². The zero-order valence-electron chi connectivity index (χ0n) is 18.2. The third-order valence-corrected chi connectivity index (χ3v) is 6.61. The van der Waals surface area contributed by atoms with Crippen LogP contribution in [0.2, 0.25) is 0 Å². The van der Waals surface area contributed by atoms with Crippen molar-refractivity contribution in [2.45, 2.75) is 44.7 Å². The number of carbonyl (C=O) groups excluding carboxylic acids is 1. The van der Waals surface area contributed by atoms with E-state index in [-0.39, 0.29) is 18.5 Å². The van der Waals surface area contributed by atoms with E-state index < -0.39 is 0 Å². The standard InChI is InChI=1S/C25H25N5O3/c26-22-21-17-8-4-5-9-18(17)30(16-6-2-1-3-7-16)24(21)29-23(28-22)25(31)27-13-15-10-11-19-20(12-15)33-14-32-19/h4-5,8-12,16H,1-3,6-7,13-14H2,(H,27,31)(H2,26,28,29). The average Bonchev–Trinajstić information content (AvgIpc) is 3.45. The fraction of sp³-hybridized carbons (Fsp3) is 0.320. The van der Waals surface area contributed by atoms with Gasteiger partial charge in [-0.1, -0.05) is 43.5 Å². The maximum Gasteiger partial charge on any atom is 0.289 e. The van der Waals surface area contributed by atoms with E-state index in [1.165, 1.54) is 19.3 Å². The highest BCUT2D eigenvalue weighted by atomic mass is 16.7. The summed E-state index contributed by atoms with van der Waals surface area (Å²) in [7, 11) is 0. The highest BCUT2D eigenvalue weighted by molar-refractivity contribution is 6.12. The molecule has 1 aliphatic carbocycles. The number of nitrogens with one attached hydrogen (secondary N) is 1. The van der Waals surface area contributed by atoms with Crippen LogP contribution in [-0.4, -0.2) is 27.2 Å². The molecule has 33 heavy (non-hydrogen) atoms. The van der Waals surface area contributed by atoms with E-state index in [0.717, 1.165) is 40.3 Å². The van der Waals surface area contributed by atoms with Gasteiger partial charge in [-0.2, -0.15) is 0 Å². The summed E-state index contributed by atoms with van der Waals surface area (Å²) in [4.78, 5) is 22.1. The SMILES string of the molecule is Nc1nc(C(=O)NCc2ccc3c(c2)OCO3)nc2c1c1ccccc1n2C1CCCCC1. The number of anilines is 1. The summed E-state index contributed by atoms with van der Waals surface area (Å²) >= 11 is 0. The van der Waals surface area contributed by atoms with E-state index in [9.17, 15) is 4.79 Å². The van der Waals surface area contributed by atoms with Crippen molar-refractivity contribution in [2.75, 3.05) is 12.5 Å². The number of rotatable bonds is 4. The number of carbonyl (C=O) groups is 1. The predicted molar refractivity (Wildman–Crippen MR) is 125 cm³/mol. The Hall–Kier alpha value is -3.81. The van der Waals surface area contributed by atoms with Crippen molar-refractivity contribution in [3.05, 3.63) is 53.9 Å². The summed E-state index contributed by atoms with van der Waals surface area (Å²) in [6.45, 7) is 0.537. The van der Waals surface area contributed by atoms with E-state index in [2.05, 4.69) is 27.0 Å². The van der Waals surface area contributed by atoms with E-state index in [1.807, 2.05) is 30.3 Å². The number of nitrogens with zero attached hydrogens (tertiary/aromatic N) is 3. The smallest absolute Gasteiger partial charge is 0.289 e. The fourth-order valence-corrected chi connectivity index (χ4v) is 5.03. The predicted octanol–water partition coefficient (Wildman–Crippen LogP) is 4.33. The summed E-state index contributed by atoms with van der Waals surface area (Å²) < 4.78 is 13.0. The molecule has 0 saturated heterocycles. The number of nitrogen functional groups attached to an aromatic ring is 1. The molecule has 4 aromatic rings. The Labute approximate surface area is 190 Å². The Bertz CT molecular complexity index is 1370. The molecule has 0 radical (unpaired) electrons. The number of amides is 1. The largest absolute Gasteiger partial charge is 0.454 e. The second kappa shape index (κ2) is 7.95. The minimum Gasteiger partial charge on any atom is -0.454 e. The average molecular weight is 444 g/mol. The van der Waals surface area contributed by atoms with Crippen LogP contribution in [0.3, 0.4) is 0 Å². The van der Waals surface area contributed by atoms with E-state index in [0.29, 0.717) is 29.9 Å². The van der Waals surface area contributed by atoms with E-state index in [4.69, 9.17) is 20.2 Å². The molecule has 0 atom stereocenters. The molecule has 2 aliphatic rings. The van der Waals surface area contributed by atoms with Gasteiger partial charge in [-0.3, -0.25) is 4.79 Å². The summed E-state index contributed by atoms with van der Waals surface area (Å²) in [6, 6.07) is 14.1. The third-order valence-electron chi connectivity index (χ3n) is 6.61. The molecule has 1 amide bonds. The Morgan fingerprint density at radius 1 is 1.06 bits per heavy atom. The van der Waals surface area contributed by atoms with Crippen LogP contribution in [0.5, 0.6) is 11.5 Å². The zero-order chi connectivity index (χ0) is 22.4. The molecule has 168 valence electrons. The van der Waals surface area contributed by atoms with Crippen LogP contribution in [0.4, 0.5) is 5.82 Å². The van der Waals surface area contributed by atoms with Crippen molar-refractivity contribution in [2.24, 2.45) is 0 Å². The highest BCUT2D eigenvalue weighted by Gasteiger charge is 2.24. The fourth-order valence-electron chi connectivity index (χ4n) is 5.03. The van der Waals surface area contributed by atoms with Crippen molar-refractivity contribution in [1.29, 1.82) is 0 Å². The molecule has 1 fully saturated rings. The Balaban J connectivity index is 1.36. The maximum atomic E-state index is 13.0. The molecule has 3 N–H and O–H groups in total. The van der Waals surface area contributed by atoms with Gasteiger partial charge in [0.25, 0.3) is 5.91 Å². The first-order chi connectivity index (χ1) is 16.2. The Kier molecular flexibility index (Phi) is 4.78. The van der Waals surface area contributed by atoms with Gasteiger partial charge in [-0.25, -0.2) is 9.97 Å². The van der Waals surface area contributed by atoms with Gasteiger partial charge < -0.3 is 25.1 Å². The molecule has 3 heterocycles. The molecule has 8 heteroatoms. The molecule has 1 aliphatic heterocycles. The number of hydrogen-bond acceptors (Lipinski definition) is 6. The van der Waals surface area contributed by atoms with Crippen molar-refractivity contribution >= 4 is 33.7 Å². The van der Waals surface area contributed by atoms with Crippen LogP contribution >= 0.6 is 0 Å². The quantitative estimate of drug-likeness (QED) is 0.486. The molecule has 8 nitrogen and oxygen atoms in total. The molecule has 6 rings (SSSR count). The zero-order valence-corrected chi connectivity index (χ0v) is 18.2. The number of benzene rings is 2. The van der Waals surface area contributed by atoms with Gasteiger partial charge in [0.2, 0.25) is 12.6 Å². The van der Waals surface area contributed by atoms with Crippen LogP contribution < -0.4 is 20.5 Å². The monoisotopic (exact) mass is 443 g/mol. The molecule has 0 bridgehead atoms. The number of para-hydroxylation sites is 1. The molecular formula is C25H25N5O3. The normalized spacial score (nSPS) is 15.9. The van der Waals surface area contributed by atoms with Gasteiger partial charge >= 0.3 is 0 Å². The van der Waals surface area contributed by atoms with Crippen molar-refractivity contribution in [3.63, 3.8) is 0 Å². The lowest BCUT2D eigenvalue weighted by Crippen LogP contribution is -2.25. The third kappa shape index (κ3) is 3.42. The second-order valence-corrected chi connectivity index (χ2v) is 8.68. The number of aromatic nitrogens is 3. The first kappa shape index (κ1) is 19.8. The van der Waals surface area contributed by atoms with Crippen LogP contribution in [0.15, 0.2) is 42.5 Å². The number of fused-ring (bicyclic) bond motifs is 4. The van der Waals surface area contributed by atoms with Crippen LogP contribution in [-0.2, 0) is 6.54 Å². The summed E-state index contributed by atoms with van der Waals surface area (Å²) in [5.41, 5.74) is 9.13. The summed E-state index contributed by atoms with van der Waals surface area (Å²) in [5.74, 6) is 1.45.